The molecule has 2 N–H and O–H groups in total. The summed E-state index contributed by atoms with van der Waals surface area (Å²) in [4.78, 5) is 29.4. The second-order valence-electron chi connectivity index (χ2n) is 7.40. The Morgan fingerprint density at radius 1 is 0.897 bits per heavy atom. The Balaban J connectivity index is 1.42. The Hall–Kier alpha value is -3.09. The third kappa shape index (κ3) is 4.85. The number of hydrogen-bond donors (Lipinski definition) is 2. The van der Waals surface area contributed by atoms with Gasteiger partial charge < -0.3 is 20.1 Å². The van der Waals surface area contributed by atoms with E-state index in [0.29, 0.717) is 36.0 Å². The van der Waals surface area contributed by atoms with E-state index in [-0.39, 0.29) is 23.6 Å². The Bertz CT molecular complexity index is 891. The molecule has 1 fully saturated rings. The molecule has 7 heteroatoms. The minimum absolute atomic E-state index is 0.160. The molecule has 2 amide bonds. The zero-order valence-electron chi connectivity index (χ0n) is 16.3. The normalized spacial score (nSPS) is 16.6. The van der Waals surface area contributed by atoms with E-state index in [0.717, 1.165) is 25.7 Å². The van der Waals surface area contributed by atoms with E-state index in [1.54, 1.807) is 24.3 Å². The van der Waals surface area contributed by atoms with Crippen molar-refractivity contribution in [2.24, 2.45) is 0 Å². The Labute approximate surface area is 169 Å². The van der Waals surface area contributed by atoms with Crippen molar-refractivity contribution in [3.63, 3.8) is 0 Å². The molecule has 1 aromatic heterocycles. The first-order chi connectivity index (χ1) is 14.2. The second kappa shape index (κ2) is 8.94. The van der Waals surface area contributed by atoms with Gasteiger partial charge in [0, 0.05) is 29.6 Å². The molecule has 0 spiro atoms. The van der Waals surface area contributed by atoms with Crippen LogP contribution in [0.2, 0.25) is 0 Å². The van der Waals surface area contributed by atoms with Gasteiger partial charge >= 0.3 is 0 Å². The lowest BCUT2D eigenvalue weighted by atomic mass is 10.1. The molecule has 1 aliphatic heterocycles. The van der Waals surface area contributed by atoms with Crippen molar-refractivity contribution in [2.75, 3.05) is 18.5 Å². The van der Waals surface area contributed by atoms with Gasteiger partial charge in [-0.05, 0) is 37.1 Å². The van der Waals surface area contributed by atoms with E-state index in [9.17, 15) is 9.59 Å². The highest BCUT2D eigenvalue weighted by atomic mass is 16.6. The van der Waals surface area contributed by atoms with Crippen LogP contribution in [0.15, 0.2) is 36.5 Å². The lowest BCUT2D eigenvalue weighted by Crippen LogP contribution is -2.34. The van der Waals surface area contributed by atoms with Crippen LogP contribution < -0.4 is 20.1 Å². The van der Waals surface area contributed by atoms with Crippen LogP contribution in [0, 0.1) is 0 Å². The second-order valence-corrected chi connectivity index (χ2v) is 7.40. The number of pyridine rings is 1. The molecule has 2 aromatic rings. The molecule has 0 bridgehead atoms. The fourth-order valence-electron chi connectivity index (χ4n) is 3.70. The first kappa shape index (κ1) is 19.2. The summed E-state index contributed by atoms with van der Waals surface area (Å²) in [5.74, 6) is 0.710. The SMILES string of the molecule is O=C(NC1CCCCCC1)c1ccnc(C(=O)Nc2ccc3c(c2)OCCO3)c1. The summed E-state index contributed by atoms with van der Waals surface area (Å²) in [6.07, 6.45) is 8.25. The van der Waals surface area contributed by atoms with Crippen molar-refractivity contribution >= 4 is 17.5 Å². The molecule has 152 valence electrons. The molecule has 29 heavy (non-hydrogen) atoms. The van der Waals surface area contributed by atoms with Gasteiger partial charge in [-0.15, -0.1) is 0 Å². The van der Waals surface area contributed by atoms with Crippen LogP contribution in [0.25, 0.3) is 0 Å². The molecule has 0 atom stereocenters. The number of carbonyl (C=O) groups excluding carboxylic acids is 2. The van der Waals surface area contributed by atoms with Crippen LogP contribution in [0.5, 0.6) is 11.5 Å². The Kier molecular flexibility index (Phi) is 5.93. The van der Waals surface area contributed by atoms with E-state index in [1.807, 2.05) is 0 Å². The lowest BCUT2D eigenvalue weighted by molar-refractivity contribution is 0.0933. The standard InChI is InChI=1S/C22H25N3O4/c26-21(24-16-5-3-1-2-4-6-16)15-9-10-23-18(13-15)22(27)25-17-7-8-19-20(14-17)29-12-11-28-19/h7-10,13-14,16H,1-6,11-12H2,(H,24,26)(H,25,27). The molecule has 0 radical (unpaired) electrons. The van der Waals surface area contributed by atoms with Crippen LogP contribution in [-0.2, 0) is 0 Å². The maximum Gasteiger partial charge on any atom is 0.274 e. The monoisotopic (exact) mass is 395 g/mol. The summed E-state index contributed by atoms with van der Waals surface area (Å²) in [5, 5.41) is 5.89. The van der Waals surface area contributed by atoms with Crippen molar-refractivity contribution in [3.8, 4) is 11.5 Å². The number of fused-ring (bicyclic) bond motifs is 1. The van der Waals surface area contributed by atoms with E-state index in [2.05, 4.69) is 15.6 Å². The van der Waals surface area contributed by atoms with Gasteiger partial charge in [-0.25, -0.2) is 0 Å². The molecule has 0 saturated heterocycles. The van der Waals surface area contributed by atoms with Crippen LogP contribution in [0.1, 0.15) is 59.4 Å². The number of hydrogen-bond acceptors (Lipinski definition) is 5. The first-order valence-corrected chi connectivity index (χ1v) is 10.2. The van der Waals surface area contributed by atoms with E-state index < -0.39 is 0 Å². The van der Waals surface area contributed by atoms with Crippen molar-refractivity contribution < 1.29 is 19.1 Å². The zero-order valence-corrected chi connectivity index (χ0v) is 16.3. The van der Waals surface area contributed by atoms with Crippen molar-refractivity contribution in [1.29, 1.82) is 0 Å². The molecule has 1 saturated carbocycles. The summed E-state index contributed by atoms with van der Waals surface area (Å²) in [6.45, 7) is 0.989. The number of carbonyl (C=O) groups is 2. The molecule has 4 rings (SSSR count). The fraction of sp³-hybridized carbons (Fsp3) is 0.409. The van der Waals surface area contributed by atoms with Gasteiger partial charge in [-0.3, -0.25) is 14.6 Å². The van der Waals surface area contributed by atoms with E-state index in [1.165, 1.54) is 25.1 Å². The number of amides is 2. The summed E-state index contributed by atoms with van der Waals surface area (Å²) in [6, 6.07) is 8.58. The van der Waals surface area contributed by atoms with Gasteiger partial charge in [-0.1, -0.05) is 25.7 Å². The maximum atomic E-state index is 12.6. The smallest absolute Gasteiger partial charge is 0.274 e. The number of nitrogens with one attached hydrogen (secondary N) is 2. The average molecular weight is 395 g/mol. The minimum atomic E-state index is -0.384. The third-order valence-electron chi connectivity index (χ3n) is 5.25. The fourth-order valence-corrected chi connectivity index (χ4v) is 3.70. The van der Waals surface area contributed by atoms with Gasteiger partial charge in [0.2, 0.25) is 0 Å². The minimum Gasteiger partial charge on any atom is -0.486 e. The summed E-state index contributed by atoms with van der Waals surface area (Å²) >= 11 is 0. The quantitative estimate of drug-likeness (QED) is 0.773. The van der Waals surface area contributed by atoms with Crippen LogP contribution in [0.4, 0.5) is 5.69 Å². The summed E-state index contributed by atoms with van der Waals surface area (Å²) in [7, 11) is 0. The molecule has 0 unspecified atom stereocenters. The third-order valence-corrected chi connectivity index (χ3v) is 5.25. The van der Waals surface area contributed by atoms with Crippen LogP contribution in [0.3, 0.4) is 0 Å². The number of anilines is 1. The topological polar surface area (TPSA) is 89.6 Å². The number of aromatic nitrogens is 1. The summed E-state index contributed by atoms with van der Waals surface area (Å²) < 4.78 is 11.0. The number of benzene rings is 1. The van der Waals surface area contributed by atoms with Crippen LogP contribution >= 0.6 is 0 Å². The van der Waals surface area contributed by atoms with Crippen LogP contribution in [-0.4, -0.2) is 36.1 Å². The van der Waals surface area contributed by atoms with Gasteiger partial charge in [0.1, 0.15) is 18.9 Å². The maximum absolute atomic E-state index is 12.6. The average Bonchev–Trinajstić information content (AvgIpc) is 3.02. The van der Waals surface area contributed by atoms with E-state index in [4.69, 9.17) is 9.47 Å². The molecular weight excluding hydrogens is 370 g/mol. The largest absolute Gasteiger partial charge is 0.486 e. The number of rotatable bonds is 4. The Morgan fingerprint density at radius 2 is 1.66 bits per heavy atom. The van der Waals surface area contributed by atoms with Gasteiger partial charge in [0.15, 0.2) is 11.5 Å². The molecule has 2 heterocycles. The first-order valence-electron chi connectivity index (χ1n) is 10.2. The lowest BCUT2D eigenvalue weighted by Gasteiger charge is -2.19. The van der Waals surface area contributed by atoms with Gasteiger partial charge in [0.25, 0.3) is 11.8 Å². The van der Waals surface area contributed by atoms with Gasteiger partial charge in [0.05, 0.1) is 0 Å². The molecular formula is C22H25N3O4. The van der Waals surface area contributed by atoms with Crippen molar-refractivity contribution in [2.45, 2.75) is 44.6 Å². The molecule has 7 nitrogen and oxygen atoms in total. The number of nitrogens with zero attached hydrogens (tertiary/aromatic N) is 1. The zero-order chi connectivity index (χ0) is 20.1. The van der Waals surface area contributed by atoms with E-state index >= 15 is 0 Å². The highest BCUT2D eigenvalue weighted by Crippen LogP contribution is 2.32. The molecule has 1 aromatic carbocycles. The molecule has 1 aliphatic carbocycles. The summed E-state index contributed by atoms with van der Waals surface area (Å²) in [5.41, 5.74) is 1.21. The molecule has 2 aliphatic rings. The van der Waals surface area contributed by atoms with Crippen molar-refractivity contribution in [1.82, 2.24) is 10.3 Å². The highest BCUT2D eigenvalue weighted by Gasteiger charge is 2.18. The van der Waals surface area contributed by atoms with Gasteiger partial charge in [-0.2, -0.15) is 0 Å². The predicted molar refractivity (Wildman–Crippen MR) is 109 cm³/mol. The highest BCUT2D eigenvalue weighted by molar-refractivity contribution is 6.05. The number of ether oxygens (including phenoxy) is 2. The van der Waals surface area contributed by atoms with Crippen molar-refractivity contribution in [3.05, 3.63) is 47.8 Å². The predicted octanol–water partition coefficient (Wildman–Crippen LogP) is 3.56. The Morgan fingerprint density at radius 3 is 2.45 bits per heavy atom.